The summed E-state index contributed by atoms with van der Waals surface area (Å²) in [5.41, 5.74) is 16.1. The van der Waals surface area contributed by atoms with Crippen LogP contribution in [0.5, 0.6) is 0 Å². The van der Waals surface area contributed by atoms with Crippen LogP contribution in [0.25, 0.3) is 0 Å². The van der Waals surface area contributed by atoms with Crippen molar-refractivity contribution in [2.75, 3.05) is 6.54 Å². The topological polar surface area (TPSA) is 477 Å². The quantitative estimate of drug-likeness (QED) is 0.0298. The van der Waals surface area contributed by atoms with E-state index < -0.39 is 188 Å². The highest BCUT2D eigenvalue weighted by molar-refractivity contribution is 5.99. The summed E-state index contributed by atoms with van der Waals surface area (Å²) in [7, 11) is 0. The zero-order valence-corrected chi connectivity index (χ0v) is 38.0. The number of aliphatic hydroxyl groups is 1. The molecule has 0 aromatic heterocycles. The summed E-state index contributed by atoms with van der Waals surface area (Å²) in [6.45, 7) is 7.87. The minimum absolute atomic E-state index is 0.331. The monoisotopic (exact) mass is 959 g/mol. The van der Waals surface area contributed by atoms with Crippen molar-refractivity contribution in [2.24, 2.45) is 29.0 Å². The first-order chi connectivity index (χ1) is 31.1. The lowest BCUT2D eigenvalue weighted by Gasteiger charge is -2.28. The van der Waals surface area contributed by atoms with E-state index in [1.54, 1.807) is 20.8 Å². The summed E-state index contributed by atoms with van der Waals surface area (Å²) in [6, 6.07) is -13.0. The predicted molar refractivity (Wildman–Crippen MR) is 230 cm³/mol. The van der Waals surface area contributed by atoms with Crippen molar-refractivity contribution in [3.8, 4) is 0 Å². The van der Waals surface area contributed by atoms with E-state index in [0.717, 1.165) is 6.92 Å². The number of carbonyl (C=O) groups excluding carboxylic acids is 10. The number of carboxylic acids is 3. The van der Waals surface area contributed by atoms with Gasteiger partial charge in [0.2, 0.25) is 59.1 Å². The molecular weight excluding hydrogens is 894 g/mol. The van der Waals surface area contributed by atoms with Gasteiger partial charge in [0.05, 0.1) is 31.5 Å². The Labute approximate surface area is 384 Å². The van der Waals surface area contributed by atoms with Crippen molar-refractivity contribution in [1.29, 1.82) is 0 Å². The van der Waals surface area contributed by atoms with Crippen molar-refractivity contribution in [3.05, 3.63) is 0 Å². The predicted octanol–water partition coefficient (Wildman–Crippen LogP) is -6.12. The van der Waals surface area contributed by atoms with E-state index in [0.29, 0.717) is 12.8 Å². The number of primary amides is 2. The minimum Gasteiger partial charge on any atom is -0.481 e. The zero-order valence-electron chi connectivity index (χ0n) is 38.0. The van der Waals surface area contributed by atoms with Crippen molar-refractivity contribution < 1.29 is 82.8 Å². The molecule has 0 unspecified atom stereocenters. The first kappa shape index (κ1) is 60.0. The molecule has 0 aromatic rings. The van der Waals surface area contributed by atoms with Gasteiger partial charge in [0.25, 0.3) is 0 Å². The van der Waals surface area contributed by atoms with Gasteiger partial charge in [-0.25, -0.2) is 4.79 Å². The van der Waals surface area contributed by atoms with E-state index >= 15 is 0 Å². The number of aliphatic hydroxyl groups excluding tert-OH is 1. The van der Waals surface area contributed by atoms with Crippen LogP contribution in [0.2, 0.25) is 0 Å². The molecule has 28 nitrogen and oxygen atoms in total. The highest BCUT2D eigenvalue weighted by Gasteiger charge is 2.36. The van der Waals surface area contributed by atoms with Crippen LogP contribution in [0.1, 0.15) is 92.9 Å². The number of hydrogen-bond donors (Lipinski definition) is 15. The molecule has 0 rings (SSSR count). The molecule has 0 aliphatic carbocycles. The van der Waals surface area contributed by atoms with Crippen molar-refractivity contribution >= 4 is 77.0 Å². The number of rotatable bonds is 32. The van der Waals surface area contributed by atoms with Crippen LogP contribution in [-0.4, -0.2) is 158 Å². The Kier molecular flexibility index (Phi) is 26.5. The summed E-state index contributed by atoms with van der Waals surface area (Å²) in [6.07, 6.45) is -5.59. The van der Waals surface area contributed by atoms with Crippen LogP contribution >= 0.6 is 0 Å². The molecule has 0 heterocycles. The summed E-state index contributed by atoms with van der Waals surface area (Å²) < 4.78 is 0. The number of hydrogen-bond acceptors (Lipinski definition) is 15. The number of carbonyl (C=O) groups is 13. The maximum atomic E-state index is 13.7. The molecule has 18 N–H and O–H groups in total. The first-order valence-corrected chi connectivity index (χ1v) is 21.1. The summed E-state index contributed by atoms with van der Waals surface area (Å²) in [5.74, 6) is -16.7. The molecule has 10 amide bonds. The molecule has 0 saturated carbocycles. The summed E-state index contributed by atoms with van der Waals surface area (Å²) >= 11 is 0. The van der Waals surface area contributed by atoms with Crippen molar-refractivity contribution in [1.82, 2.24) is 42.5 Å². The molecule has 378 valence electrons. The standard InChI is InChI=1S/C39H65N11O17/c1-7-16(3)29(48-32(59)18(5)40)38(65)47-23(14-28(57)58)35(62)46-20(9-11-24(41)52)33(60)45-21(10-12-27(55)56)34(61)50-31(19(6)51)37(64)43-15-26(54)44-22(13-25(42)53)36(63)49-30(39(66)67)17(4)8-2/h16-23,29-31,51H,7-15,40H2,1-6H3,(H2,41,52)(H2,42,53)(H,43,64)(H,44,54)(H,45,60)(H,46,62)(H,47,65)(H,48,59)(H,49,63)(H,50,61)(H,55,56)(H,57,58)(H,66,67)/t16-,17-,18-,19+,20-,21-,22-,23-,29-,30-,31-/m0/s1. The second kappa shape index (κ2) is 29.5. The van der Waals surface area contributed by atoms with Gasteiger partial charge in [0, 0.05) is 12.8 Å². The van der Waals surface area contributed by atoms with Crippen LogP contribution in [0.3, 0.4) is 0 Å². The van der Waals surface area contributed by atoms with Gasteiger partial charge in [-0.3, -0.25) is 57.5 Å². The van der Waals surface area contributed by atoms with Gasteiger partial charge in [0.15, 0.2) is 0 Å². The lowest BCUT2D eigenvalue weighted by Crippen LogP contribution is -2.61. The molecule has 0 aliphatic rings. The molecule has 0 fully saturated rings. The average Bonchev–Trinajstić information content (AvgIpc) is 3.23. The second-order valence-corrected chi connectivity index (χ2v) is 15.8. The number of nitrogens with two attached hydrogens (primary N) is 3. The van der Waals surface area contributed by atoms with E-state index in [-0.39, 0.29) is 0 Å². The second-order valence-electron chi connectivity index (χ2n) is 15.8. The minimum atomic E-state index is -1.93. The molecule has 11 atom stereocenters. The van der Waals surface area contributed by atoms with Gasteiger partial charge in [-0.05, 0) is 38.5 Å². The Bertz CT molecular complexity index is 1830. The van der Waals surface area contributed by atoms with E-state index in [9.17, 15) is 82.8 Å². The SMILES string of the molecule is CC[C@H](C)[C@H](NC(=O)[C@H](CC(N)=O)NC(=O)CNC(=O)[C@@H](NC(=O)[C@H](CCC(=O)O)NC(=O)[C@H](CCC(N)=O)NC(=O)[C@H](CC(=O)O)NC(=O)[C@@H](NC(=O)[C@H](C)N)[C@@H](C)CC)[C@@H](C)O)C(=O)O. The maximum Gasteiger partial charge on any atom is 0.326 e. The van der Waals surface area contributed by atoms with Gasteiger partial charge < -0.3 is 80.2 Å². The van der Waals surface area contributed by atoms with Crippen LogP contribution in [-0.2, 0) is 62.3 Å². The van der Waals surface area contributed by atoms with E-state index in [1.807, 2.05) is 0 Å². The third-order valence-electron chi connectivity index (χ3n) is 10.1. The molecule has 0 aromatic carbocycles. The lowest BCUT2D eigenvalue weighted by atomic mass is 9.97. The number of carboxylic acid groups (broad SMARTS) is 3. The molecule has 0 aliphatic heterocycles. The smallest absolute Gasteiger partial charge is 0.326 e. The van der Waals surface area contributed by atoms with E-state index in [4.69, 9.17) is 17.2 Å². The Balaban J connectivity index is 6.40. The van der Waals surface area contributed by atoms with E-state index in [2.05, 4.69) is 42.5 Å². The largest absolute Gasteiger partial charge is 0.481 e. The van der Waals surface area contributed by atoms with Gasteiger partial charge in [0.1, 0.15) is 42.3 Å². The average molecular weight is 960 g/mol. The molecule has 28 heteroatoms. The fourth-order valence-corrected chi connectivity index (χ4v) is 5.80. The van der Waals surface area contributed by atoms with Crippen LogP contribution in [0, 0.1) is 11.8 Å². The first-order valence-electron chi connectivity index (χ1n) is 21.1. The van der Waals surface area contributed by atoms with Gasteiger partial charge >= 0.3 is 17.9 Å². The van der Waals surface area contributed by atoms with Gasteiger partial charge in [-0.15, -0.1) is 0 Å². The fourth-order valence-electron chi connectivity index (χ4n) is 5.80. The Morgan fingerprint density at radius 1 is 0.478 bits per heavy atom. The molecule has 0 radical (unpaired) electrons. The highest BCUT2D eigenvalue weighted by atomic mass is 16.4. The van der Waals surface area contributed by atoms with E-state index in [1.165, 1.54) is 13.8 Å². The Morgan fingerprint density at radius 2 is 0.910 bits per heavy atom. The maximum absolute atomic E-state index is 13.7. The molecule has 0 bridgehead atoms. The van der Waals surface area contributed by atoms with Crippen LogP contribution < -0.4 is 59.7 Å². The molecule has 67 heavy (non-hydrogen) atoms. The van der Waals surface area contributed by atoms with Crippen LogP contribution in [0.15, 0.2) is 0 Å². The van der Waals surface area contributed by atoms with Gasteiger partial charge in [-0.1, -0.05) is 40.5 Å². The van der Waals surface area contributed by atoms with Crippen molar-refractivity contribution in [2.45, 2.75) is 147 Å². The fraction of sp³-hybridized carbons (Fsp3) is 0.667. The lowest BCUT2D eigenvalue weighted by molar-refractivity contribution is -0.144. The molecular formula is C39H65N11O17. The van der Waals surface area contributed by atoms with Crippen molar-refractivity contribution in [3.63, 3.8) is 0 Å². The third-order valence-corrected chi connectivity index (χ3v) is 10.1. The zero-order chi connectivity index (χ0) is 51.9. The summed E-state index contributed by atoms with van der Waals surface area (Å²) in [4.78, 5) is 164. The van der Waals surface area contributed by atoms with Crippen LogP contribution in [0.4, 0.5) is 0 Å². The third kappa shape index (κ3) is 22.7. The number of aliphatic carboxylic acids is 3. The Morgan fingerprint density at radius 3 is 1.36 bits per heavy atom. The highest BCUT2D eigenvalue weighted by Crippen LogP contribution is 2.12. The number of amides is 10. The Hall–Kier alpha value is -6.97. The number of nitrogens with one attached hydrogen (secondary N) is 8. The molecule has 0 spiro atoms. The normalized spacial score (nSPS) is 15.8. The summed E-state index contributed by atoms with van der Waals surface area (Å²) in [5, 5.41) is 56.4. The van der Waals surface area contributed by atoms with Gasteiger partial charge in [-0.2, -0.15) is 0 Å². The molecule has 0 saturated heterocycles.